The fraction of sp³-hybridized carbons (Fsp3) is 0.125. The van der Waals surface area contributed by atoms with Gasteiger partial charge in [0.05, 0.1) is 5.56 Å². The number of nitrogens with zero attached hydrogens (tertiary/aromatic N) is 1. The minimum Gasteiger partial charge on any atom is -0.399 e. The Kier molecular flexibility index (Phi) is 2.93. The molecule has 1 aromatic heterocycles. The van der Waals surface area contributed by atoms with Gasteiger partial charge in [0.25, 0.3) is 0 Å². The van der Waals surface area contributed by atoms with Gasteiger partial charge in [0.2, 0.25) is 0 Å². The van der Waals surface area contributed by atoms with Gasteiger partial charge in [-0.1, -0.05) is 6.07 Å². The van der Waals surface area contributed by atoms with Crippen LogP contribution in [0, 0.1) is 0 Å². The van der Waals surface area contributed by atoms with Gasteiger partial charge in [-0.05, 0) is 47.5 Å². The van der Waals surface area contributed by atoms with Crippen LogP contribution in [-0.2, 0) is 13.2 Å². The predicted octanol–water partition coefficient (Wildman–Crippen LogP) is 4.45. The number of rotatable bonds is 1. The fourth-order valence-electron chi connectivity index (χ4n) is 2.44. The number of aromatic nitrogens is 1. The summed E-state index contributed by atoms with van der Waals surface area (Å²) in [6.45, 7) is 0. The van der Waals surface area contributed by atoms with Crippen molar-refractivity contribution < 1.29 is 13.2 Å². The molecule has 3 rings (SSSR count). The van der Waals surface area contributed by atoms with Crippen molar-refractivity contribution in [2.24, 2.45) is 7.05 Å². The Morgan fingerprint density at radius 1 is 0.952 bits per heavy atom. The van der Waals surface area contributed by atoms with Crippen molar-refractivity contribution in [3.8, 4) is 11.1 Å². The lowest BCUT2D eigenvalue weighted by Crippen LogP contribution is -2.06. The maximum absolute atomic E-state index is 12.9. The zero-order valence-corrected chi connectivity index (χ0v) is 11.3. The van der Waals surface area contributed by atoms with Gasteiger partial charge in [0.15, 0.2) is 0 Å². The Bertz CT molecular complexity index is 816. The molecule has 0 unspecified atom stereocenters. The zero-order chi connectivity index (χ0) is 15.2. The molecule has 0 fully saturated rings. The predicted molar refractivity (Wildman–Crippen MR) is 77.8 cm³/mol. The number of hydrogen-bond acceptors (Lipinski definition) is 1. The SMILES string of the molecule is Cn1ccc2cc(-c3cc(N)cc(C(F)(F)F)c3)ccc21. The van der Waals surface area contributed by atoms with Crippen LogP contribution in [0.5, 0.6) is 0 Å². The van der Waals surface area contributed by atoms with Crippen LogP contribution >= 0.6 is 0 Å². The van der Waals surface area contributed by atoms with Crippen molar-refractivity contribution in [2.75, 3.05) is 5.73 Å². The highest BCUT2D eigenvalue weighted by Crippen LogP contribution is 2.34. The van der Waals surface area contributed by atoms with Gasteiger partial charge < -0.3 is 10.3 Å². The summed E-state index contributed by atoms with van der Waals surface area (Å²) in [4.78, 5) is 0. The number of alkyl halides is 3. The summed E-state index contributed by atoms with van der Waals surface area (Å²) >= 11 is 0. The average Bonchev–Trinajstić information content (AvgIpc) is 2.78. The third-order valence-electron chi connectivity index (χ3n) is 3.50. The van der Waals surface area contributed by atoms with E-state index in [1.165, 1.54) is 0 Å². The molecule has 2 aromatic carbocycles. The van der Waals surface area contributed by atoms with E-state index in [9.17, 15) is 13.2 Å². The zero-order valence-electron chi connectivity index (χ0n) is 11.3. The van der Waals surface area contributed by atoms with E-state index in [-0.39, 0.29) is 5.69 Å². The smallest absolute Gasteiger partial charge is 0.399 e. The van der Waals surface area contributed by atoms with Crippen LogP contribution in [0.15, 0.2) is 48.7 Å². The van der Waals surface area contributed by atoms with Crippen molar-refractivity contribution in [2.45, 2.75) is 6.18 Å². The van der Waals surface area contributed by atoms with Crippen LogP contribution in [0.3, 0.4) is 0 Å². The number of anilines is 1. The topological polar surface area (TPSA) is 30.9 Å². The molecule has 2 nitrogen and oxygen atoms in total. The molecule has 108 valence electrons. The molecule has 0 aliphatic heterocycles. The van der Waals surface area contributed by atoms with Crippen LogP contribution in [-0.4, -0.2) is 4.57 Å². The maximum Gasteiger partial charge on any atom is 0.416 e. The molecule has 5 heteroatoms. The Morgan fingerprint density at radius 2 is 1.71 bits per heavy atom. The Morgan fingerprint density at radius 3 is 2.43 bits per heavy atom. The van der Waals surface area contributed by atoms with Gasteiger partial charge in [0, 0.05) is 29.8 Å². The summed E-state index contributed by atoms with van der Waals surface area (Å²) in [5, 5.41) is 0.978. The molecule has 1 heterocycles. The van der Waals surface area contributed by atoms with Crippen LogP contribution in [0.25, 0.3) is 22.0 Å². The van der Waals surface area contributed by atoms with E-state index in [1.807, 2.05) is 36.0 Å². The van der Waals surface area contributed by atoms with Crippen LogP contribution < -0.4 is 5.73 Å². The molecule has 0 radical (unpaired) electrons. The lowest BCUT2D eigenvalue weighted by Gasteiger charge is -2.11. The molecule has 0 saturated carbocycles. The van der Waals surface area contributed by atoms with E-state index in [4.69, 9.17) is 5.73 Å². The first-order chi connectivity index (χ1) is 9.84. The monoisotopic (exact) mass is 290 g/mol. The Labute approximate surface area is 119 Å². The second kappa shape index (κ2) is 4.55. The third-order valence-corrected chi connectivity index (χ3v) is 3.50. The van der Waals surface area contributed by atoms with E-state index in [0.717, 1.165) is 23.0 Å². The standard InChI is InChI=1S/C16H13F3N2/c1-21-5-4-11-6-10(2-3-15(11)21)12-7-13(16(17,18)19)9-14(20)8-12/h2-9H,20H2,1H3. The van der Waals surface area contributed by atoms with Crippen LogP contribution in [0.2, 0.25) is 0 Å². The quantitative estimate of drug-likeness (QED) is 0.660. The summed E-state index contributed by atoms with van der Waals surface area (Å²) < 4.78 is 40.5. The normalized spacial score (nSPS) is 12.0. The van der Waals surface area contributed by atoms with Crippen molar-refractivity contribution in [1.29, 1.82) is 0 Å². The number of nitrogen functional groups attached to an aromatic ring is 1. The number of fused-ring (bicyclic) bond motifs is 1. The van der Waals surface area contributed by atoms with Gasteiger partial charge in [-0.2, -0.15) is 13.2 Å². The summed E-state index contributed by atoms with van der Waals surface area (Å²) in [7, 11) is 1.92. The maximum atomic E-state index is 12.9. The highest BCUT2D eigenvalue weighted by Gasteiger charge is 2.31. The molecule has 0 amide bonds. The lowest BCUT2D eigenvalue weighted by atomic mass is 10.0. The van der Waals surface area contributed by atoms with E-state index in [2.05, 4.69) is 0 Å². The van der Waals surface area contributed by atoms with Gasteiger partial charge >= 0.3 is 6.18 Å². The molecule has 0 bridgehead atoms. The number of benzene rings is 2. The van der Waals surface area contributed by atoms with Gasteiger partial charge in [-0.3, -0.25) is 0 Å². The van der Waals surface area contributed by atoms with Crippen LogP contribution in [0.4, 0.5) is 18.9 Å². The van der Waals surface area contributed by atoms with E-state index in [1.54, 1.807) is 12.1 Å². The lowest BCUT2D eigenvalue weighted by molar-refractivity contribution is -0.137. The highest BCUT2D eigenvalue weighted by molar-refractivity contribution is 5.86. The van der Waals surface area contributed by atoms with Crippen molar-refractivity contribution in [3.63, 3.8) is 0 Å². The summed E-state index contributed by atoms with van der Waals surface area (Å²) in [6, 6.07) is 11.1. The molecule has 3 aromatic rings. The molecule has 0 aliphatic rings. The molecule has 21 heavy (non-hydrogen) atoms. The Hall–Kier alpha value is -2.43. The molecule has 0 aliphatic carbocycles. The molecular formula is C16H13F3N2. The second-order valence-corrected chi connectivity index (χ2v) is 5.04. The first-order valence-corrected chi connectivity index (χ1v) is 6.38. The summed E-state index contributed by atoms with van der Waals surface area (Å²) in [5.74, 6) is 0. The third kappa shape index (κ3) is 2.46. The molecule has 0 spiro atoms. The van der Waals surface area contributed by atoms with Crippen molar-refractivity contribution in [3.05, 3.63) is 54.2 Å². The van der Waals surface area contributed by atoms with E-state index < -0.39 is 11.7 Å². The van der Waals surface area contributed by atoms with Gasteiger partial charge in [-0.25, -0.2) is 0 Å². The van der Waals surface area contributed by atoms with E-state index >= 15 is 0 Å². The van der Waals surface area contributed by atoms with Crippen LogP contribution in [0.1, 0.15) is 5.56 Å². The fourth-order valence-corrected chi connectivity index (χ4v) is 2.44. The number of nitrogens with two attached hydrogens (primary N) is 1. The summed E-state index contributed by atoms with van der Waals surface area (Å²) in [6.07, 6.45) is -2.49. The average molecular weight is 290 g/mol. The molecular weight excluding hydrogens is 277 g/mol. The molecule has 0 atom stereocenters. The van der Waals surface area contributed by atoms with Gasteiger partial charge in [-0.15, -0.1) is 0 Å². The Balaban J connectivity index is 2.15. The van der Waals surface area contributed by atoms with Gasteiger partial charge in [0.1, 0.15) is 0 Å². The summed E-state index contributed by atoms with van der Waals surface area (Å²) in [5.41, 5.74) is 7.19. The first kappa shape index (κ1) is 13.5. The number of aryl methyl sites for hydroxylation is 1. The van der Waals surface area contributed by atoms with Crippen molar-refractivity contribution >= 4 is 16.6 Å². The number of halogens is 3. The first-order valence-electron chi connectivity index (χ1n) is 6.38. The largest absolute Gasteiger partial charge is 0.416 e. The second-order valence-electron chi connectivity index (χ2n) is 5.04. The van der Waals surface area contributed by atoms with E-state index in [0.29, 0.717) is 11.1 Å². The minimum atomic E-state index is -4.40. The minimum absolute atomic E-state index is 0.105. The highest BCUT2D eigenvalue weighted by atomic mass is 19.4. The number of hydrogen-bond donors (Lipinski definition) is 1. The molecule has 2 N–H and O–H groups in total. The molecule has 0 saturated heterocycles. The van der Waals surface area contributed by atoms with Crippen molar-refractivity contribution in [1.82, 2.24) is 4.57 Å².